The lowest BCUT2D eigenvalue weighted by Gasteiger charge is -2.32. The summed E-state index contributed by atoms with van der Waals surface area (Å²) in [5, 5.41) is 9.36. The molecule has 0 aromatic heterocycles. The van der Waals surface area contributed by atoms with Gasteiger partial charge in [-0.1, -0.05) is 30.3 Å². The number of aromatic hydroxyl groups is 1. The van der Waals surface area contributed by atoms with Crippen molar-refractivity contribution in [3.05, 3.63) is 60.2 Å². The molecule has 3 rings (SSSR count). The van der Waals surface area contributed by atoms with Gasteiger partial charge in [-0.15, -0.1) is 0 Å². The second-order valence-electron chi connectivity index (χ2n) is 5.85. The predicted molar refractivity (Wildman–Crippen MR) is 88.6 cm³/mol. The molecule has 1 N–H and O–H groups in total. The molecule has 0 spiro atoms. The lowest BCUT2D eigenvalue weighted by atomic mass is 9.89. The van der Waals surface area contributed by atoms with Gasteiger partial charge in [0.2, 0.25) is 0 Å². The Bertz CT molecular complexity index is 631. The lowest BCUT2D eigenvalue weighted by Crippen LogP contribution is -2.40. The molecule has 1 fully saturated rings. The van der Waals surface area contributed by atoms with Gasteiger partial charge in [-0.25, -0.2) is 0 Å². The van der Waals surface area contributed by atoms with Crippen molar-refractivity contribution >= 4 is 5.91 Å². The number of piperidine rings is 1. The molecular weight excluding hydrogens is 290 g/mol. The molecule has 0 atom stereocenters. The van der Waals surface area contributed by atoms with Crippen molar-refractivity contribution < 1.29 is 14.6 Å². The zero-order chi connectivity index (χ0) is 16.1. The molecule has 1 saturated heterocycles. The first-order valence-corrected chi connectivity index (χ1v) is 7.97. The Hall–Kier alpha value is -2.49. The summed E-state index contributed by atoms with van der Waals surface area (Å²) in [6.07, 6.45) is 1.89. The van der Waals surface area contributed by atoms with Crippen LogP contribution < -0.4 is 4.74 Å². The molecule has 0 saturated carbocycles. The van der Waals surface area contributed by atoms with Gasteiger partial charge in [0.15, 0.2) is 6.61 Å². The normalized spacial score (nSPS) is 15.4. The highest BCUT2D eigenvalue weighted by Gasteiger charge is 2.23. The number of rotatable bonds is 4. The fraction of sp³-hybridized carbons (Fsp3) is 0.316. The molecule has 0 bridgehead atoms. The number of likely N-dealkylation sites (tertiary alicyclic amines) is 1. The Morgan fingerprint density at radius 1 is 1.04 bits per heavy atom. The Morgan fingerprint density at radius 3 is 2.35 bits per heavy atom. The number of para-hydroxylation sites is 1. The lowest BCUT2D eigenvalue weighted by molar-refractivity contribution is -0.134. The average molecular weight is 311 g/mol. The molecule has 0 radical (unpaired) electrons. The fourth-order valence-corrected chi connectivity index (χ4v) is 2.96. The van der Waals surface area contributed by atoms with Crippen molar-refractivity contribution in [1.29, 1.82) is 0 Å². The first kappa shape index (κ1) is 15.4. The molecule has 1 aliphatic rings. The second kappa shape index (κ2) is 7.18. The van der Waals surface area contributed by atoms with Gasteiger partial charge in [0.05, 0.1) is 0 Å². The highest BCUT2D eigenvalue weighted by Crippen LogP contribution is 2.29. The Kier molecular flexibility index (Phi) is 4.81. The van der Waals surface area contributed by atoms with Gasteiger partial charge in [-0.3, -0.25) is 4.79 Å². The molecule has 23 heavy (non-hydrogen) atoms. The number of carbonyl (C=O) groups excluding carboxylic acids is 1. The van der Waals surface area contributed by atoms with Gasteiger partial charge in [-0.2, -0.15) is 0 Å². The molecule has 1 aliphatic heterocycles. The van der Waals surface area contributed by atoms with Gasteiger partial charge >= 0.3 is 0 Å². The number of hydrogen-bond donors (Lipinski definition) is 1. The summed E-state index contributed by atoms with van der Waals surface area (Å²) < 4.78 is 5.53. The van der Waals surface area contributed by atoms with Crippen LogP contribution in [0.2, 0.25) is 0 Å². The first-order chi connectivity index (χ1) is 11.2. The predicted octanol–water partition coefficient (Wildman–Crippen LogP) is 3.18. The van der Waals surface area contributed by atoms with Gasteiger partial charge in [-0.05, 0) is 48.6 Å². The summed E-state index contributed by atoms with van der Waals surface area (Å²) in [7, 11) is 0. The maximum Gasteiger partial charge on any atom is 0.260 e. The molecule has 0 unspecified atom stereocenters. The van der Waals surface area contributed by atoms with Crippen LogP contribution in [0.1, 0.15) is 24.3 Å². The summed E-state index contributed by atoms with van der Waals surface area (Å²) in [5.41, 5.74) is 1.23. The molecule has 4 nitrogen and oxygen atoms in total. The summed E-state index contributed by atoms with van der Waals surface area (Å²) in [6.45, 7) is 1.60. The van der Waals surface area contributed by atoms with E-state index in [1.54, 1.807) is 12.1 Å². The summed E-state index contributed by atoms with van der Waals surface area (Å²) in [6, 6.07) is 16.8. The maximum absolute atomic E-state index is 12.2. The molecule has 2 aromatic carbocycles. The number of hydrogen-bond acceptors (Lipinski definition) is 3. The third-order valence-electron chi connectivity index (χ3n) is 4.32. The third-order valence-corrected chi connectivity index (χ3v) is 4.32. The summed E-state index contributed by atoms with van der Waals surface area (Å²) in [4.78, 5) is 14.1. The topological polar surface area (TPSA) is 49.8 Å². The van der Waals surface area contributed by atoms with E-state index < -0.39 is 0 Å². The van der Waals surface area contributed by atoms with Crippen LogP contribution in [0.4, 0.5) is 0 Å². The van der Waals surface area contributed by atoms with E-state index in [0.29, 0.717) is 11.7 Å². The zero-order valence-corrected chi connectivity index (χ0v) is 13.0. The molecule has 1 amide bonds. The standard InChI is InChI=1S/C19H21NO3/c21-17-8-6-15(7-9-17)16-10-12-20(13-11-16)19(22)14-23-18-4-2-1-3-5-18/h1-9,16,21H,10-14H2. The zero-order valence-electron chi connectivity index (χ0n) is 13.0. The molecular formula is C19H21NO3. The molecule has 120 valence electrons. The van der Waals surface area contributed by atoms with Crippen LogP contribution in [0.3, 0.4) is 0 Å². The van der Waals surface area contributed by atoms with Crippen LogP contribution in [-0.2, 0) is 4.79 Å². The average Bonchev–Trinajstić information content (AvgIpc) is 2.61. The van der Waals surface area contributed by atoms with E-state index in [4.69, 9.17) is 4.74 Å². The molecule has 0 aliphatic carbocycles. The Morgan fingerprint density at radius 2 is 1.70 bits per heavy atom. The number of nitrogens with zero attached hydrogens (tertiary/aromatic N) is 1. The van der Waals surface area contributed by atoms with Crippen molar-refractivity contribution in [2.24, 2.45) is 0 Å². The Balaban J connectivity index is 1.48. The Labute approximate surface area is 136 Å². The van der Waals surface area contributed by atoms with Crippen molar-refractivity contribution in [1.82, 2.24) is 4.90 Å². The number of amides is 1. The van der Waals surface area contributed by atoms with Crippen LogP contribution in [-0.4, -0.2) is 35.6 Å². The van der Waals surface area contributed by atoms with E-state index in [9.17, 15) is 9.90 Å². The third kappa shape index (κ3) is 4.03. The second-order valence-corrected chi connectivity index (χ2v) is 5.85. The minimum absolute atomic E-state index is 0.0398. The van der Waals surface area contributed by atoms with Gasteiger partial charge < -0.3 is 14.7 Å². The minimum Gasteiger partial charge on any atom is -0.508 e. The van der Waals surface area contributed by atoms with E-state index in [2.05, 4.69) is 0 Å². The molecule has 1 heterocycles. The summed E-state index contributed by atoms with van der Waals surface area (Å²) in [5.74, 6) is 1.51. The fourth-order valence-electron chi connectivity index (χ4n) is 2.96. The molecule has 2 aromatic rings. The van der Waals surface area contributed by atoms with Crippen LogP contribution in [0.25, 0.3) is 0 Å². The largest absolute Gasteiger partial charge is 0.508 e. The minimum atomic E-state index is 0.0398. The number of ether oxygens (including phenoxy) is 1. The van der Waals surface area contributed by atoms with Gasteiger partial charge in [0.1, 0.15) is 11.5 Å². The smallest absolute Gasteiger partial charge is 0.260 e. The van der Waals surface area contributed by atoms with E-state index >= 15 is 0 Å². The number of carbonyl (C=O) groups is 1. The van der Waals surface area contributed by atoms with Gasteiger partial charge in [0, 0.05) is 13.1 Å². The van der Waals surface area contributed by atoms with Crippen LogP contribution in [0, 0.1) is 0 Å². The van der Waals surface area contributed by atoms with E-state index in [1.807, 2.05) is 47.4 Å². The number of phenolic OH excluding ortho intramolecular Hbond substituents is 1. The number of benzene rings is 2. The van der Waals surface area contributed by atoms with Crippen molar-refractivity contribution in [2.75, 3.05) is 19.7 Å². The molecule has 4 heteroatoms. The van der Waals surface area contributed by atoms with Crippen molar-refractivity contribution in [3.63, 3.8) is 0 Å². The monoisotopic (exact) mass is 311 g/mol. The maximum atomic E-state index is 12.2. The van der Waals surface area contributed by atoms with Gasteiger partial charge in [0.25, 0.3) is 5.91 Å². The van der Waals surface area contributed by atoms with E-state index in [0.717, 1.165) is 31.7 Å². The van der Waals surface area contributed by atoms with Crippen molar-refractivity contribution in [3.8, 4) is 11.5 Å². The van der Waals surface area contributed by atoms with Crippen LogP contribution in [0.5, 0.6) is 11.5 Å². The highest BCUT2D eigenvalue weighted by atomic mass is 16.5. The summed E-state index contributed by atoms with van der Waals surface area (Å²) >= 11 is 0. The van der Waals surface area contributed by atoms with Crippen LogP contribution >= 0.6 is 0 Å². The van der Waals surface area contributed by atoms with Crippen LogP contribution in [0.15, 0.2) is 54.6 Å². The first-order valence-electron chi connectivity index (χ1n) is 7.97. The number of phenols is 1. The quantitative estimate of drug-likeness (QED) is 0.943. The highest BCUT2D eigenvalue weighted by molar-refractivity contribution is 5.77. The van der Waals surface area contributed by atoms with E-state index in [-0.39, 0.29) is 12.5 Å². The SMILES string of the molecule is O=C(COc1ccccc1)N1CCC(c2ccc(O)cc2)CC1. The van der Waals surface area contributed by atoms with Crippen molar-refractivity contribution in [2.45, 2.75) is 18.8 Å². The van der Waals surface area contributed by atoms with E-state index in [1.165, 1.54) is 5.56 Å².